The maximum absolute atomic E-state index is 12.2. The van der Waals surface area contributed by atoms with Gasteiger partial charge in [-0.1, -0.05) is 17.7 Å². The molecule has 136 valence electrons. The van der Waals surface area contributed by atoms with Crippen molar-refractivity contribution in [1.29, 1.82) is 5.26 Å². The number of nitrogens with one attached hydrogen (secondary N) is 1. The third-order valence-electron chi connectivity index (χ3n) is 3.78. The summed E-state index contributed by atoms with van der Waals surface area (Å²) in [6.07, 6.45) is 0.685. The Balaban J connectivity index is 2.09. The van der Waals surface area contributed by atoms with Crippen molar-refractivity contribution in [2.24, 2.45) is 0 Å². The second-order valence-corrected chi connectivity index (χ2v) is 5.76. The van der Waals surface area contributed by atoms with Gasteiger partial charge < -0.3 is 19.5 Å². The fraction of sp³-hybridized carbons (Fsp3) is 0.263. The Hall–Kier alpha value is -2.91. The van der Waals surface area contributed by atoms with Crippen molar-refractivity contribution in [3.05, 3.63) is 46.5 Å². The Morgan fingerprint density at radius 3 is 2.46 bits per heavy atom. The van der Waals surface area contributed by atoms with Crippen molar-refractivity contribution in [3.63, 3.8) is 0 Å². The number of rotatable bonds is 7. The lowest BCUT2D eigenvalue weighted by Gasteiger charge is -2.15. The van der Waals surface area contributed by atoms with Crippen molar-refractivity contribution in [2.45, 2.75) is 12.8 Å². The number of amides is 1. The van der Waals surface area contributed by atoms with Crippen LogP contribution < -0.4 is 19.5 Å². The van der Waals surface area contributed by atoms with Crippen LogP contribution in [0.15, 0.2) is 30.3 Å². The zero-order valence-corrected chi connectivity index (χ0v) is 15.5. The molecule has 0 bridgehead atoms. The number of nitrogens with zero attached hydrogens (tertiary/aromatic N) is 1. The molecule has 0 fully saturated rings. The van der Waals surface area contributed by atoms with E-state index in [4.69, 9.17) is 31.1 Å². The molecule has 6 nitrogen and oxygen atoms in total. The standard InChI is InChI=1S/C19H19ClN2O4/c1-24-16-8-4-12(18(25-2)19(16)26-3)5-9-17(23)22-14-6-7-15(20)13(10-14)11-21/h4,6-8,10H,5,9H2,1-3H3,(H,22,23). The van der Waals surface area contributed by atoms with Gasteiger partial charge in [-0.2, -0.15) is 5.26 Å². The van der Waals surface area contributed by atoms with E-state index < -0.39 is 0 Å². The van der Waals surface area contributed by atoms with E-state index in [1.54, 1.807) is 25.3 Å². The number of hydrogen-bond donors (Lipinski definition) is 1. The Bertz CT molecular complexity index is 846. The van der Waals surface area contributed by atoms with Gasteiger partial charge in [0.2, 0.25) is 11.7 Å². The van der Waals surface area contributed by atoms with Crippen LogP contribution in [0.5, 0.6) is 17.2 Å². The number of aryl methyl sites for hydroxylation is 1. The molecule has 2 rings (SSSR count). The molecule has 2 aromatic rings. The van der Waals surface area contributed by atoms with Crippen LogP contribution in [0.4, 0.5) is 5.69 Å². The minimum Gasteiger partial charge on any atom is -0.493 e. The van der Waals surface area contributed by atoms with Crippen LogP contribution in [0.25, 0.3) is 0 Å². The molecule has 0 spiro atoms. The molecular weight excluding hydrogens is 356 g/mol. The van der Waals surface area contributed by atoms with Crippen LogP contribution in [-0.4, -0.2) is 27.2 Å². The van der Waals surface area contributed by atoms with Crippen molar-refractivity contribution in [1.82, 2.24) is 0 Å². The van der Waals surface area contributed by atoms with Crippen LogP contribution in [0, 0.1) is 11.3 Å². The van der Waals surface area contributed by atoms with Crippen LogP contribution in [0.1, 0.15) is 17.5 Å². The van der Waals surface area contributed by atoms with Gasteiger partial charge in [0.15, 0.2) is 11.5 Å². The van der Waals surface area contributed by atoms with Gasteiger partial charge >= 0.3 is 0 Å². The summed E-state index contributed by atoms with van der Waals surface area (Å²) >= 11 is 5.89. The minimum atomic E-state index is -0.187. The zero-order chi connectivity index (χ0) is 19.1. The number of benzene rings is 2. The smallest absolute Gasteiger partial charge is 0.224 e. The number of methoxy groups -OCH3 is 3. The third kappa shape index (κ3) is 4.38. The monoisotopic (exact) mass is 374 g/mol. The van der Waals surface area contributed by atoms with Crippen LogP contribution in [0.3, 0.4) is 0 Å². The van der Waals surface area contributed by atoms with Crippen LogP contribution in [-0.2, 0) is 11.2 Å². The number of halogens is 1. The summed E-state index contributed by atoms with van der Waals surface area (Å²) in [5.41, 5.74) is 1.66. The van der Waals surface area contributed by atoms with E-state index in [0.717, 1.165) is 5.56 Å². The second kappa shape index (κ2) is 8.97. The van der Waals surface area contributed by atoms with Gasteiger partial charge in [-0.3, -0.25) is 4.79 Å². The summed E-state index contributed by atoms with van der Waals surface area (Å²) < 4.78 is 16.0. The van der Waals surface area contributed by atoms with Gasteiger partial charge in [-0.05, 0) is 36.2 Å². The second-order valence-electron chi connectivity index (χ2n) is 5.35. The normalized spacial score (nSPS) is 9.96. The van der Waals surface area contributed by atoms with Gasteiger partial charge in [0.25, 0.3) is 0 Å². The molecule has 2 aromatic carbocycles. The van der Waals surface area contributed by atoms with Gasteiger partial charge in [0.1, 0.15) is 6.07 Å². The highest BCUT2D eigenvalue weighted by molar-refractivity contribution is 6.31. The summed E-state index contributed by atoms with van der Waals surface area (Å²) in [6, 6.07) is 10.4. The van der Waals surface area contributed by atoms with E-state index >= 15 is 0 Å². The summed E-state index contributed by atoms with van der Waals surface area (Å²) in [7, 11) is 4.62. The molecule has 1 N–H and O–H groups in total. The van der Waals surface area contributed by atoms with Crippen LogP contribution in [0.2, 0.25) is 5.02 Å². The lowest BCUT2D eigenvalue weighted by molar-refractivity contribution is -0.116. The van der Waals surface area contributed by atoms with Crippen molar-refractivity contribution in [2.75, 3.05) is 26.6 Å². The molecule has 0 atom stereocenters. The highest BCUT2D eigenvalue weighted by atomic mass is 35.5. The molecule has 0 aliphatic heterocycles. The SMILES string of the molecule is COc1ccc(CCC(=O)Nc2ccc(Cl)c(C#N)c2)c(OC)c1OC. The molecule has 0 saturated carbocycles. The fourth-order valence-electron chi connectivity index (χ4n) is 2.52. The minimum absolute atomic E-state index is 0.187. The van der Waals surface area contributed by atoms with Crippen molar-refractivity contribution < 1.29 is 19.0 Å². The molecular formula is C19H19ClN2O4. The molecule has 0 heterocycles. The Kier molecular flexibility index (Phi) is 6.70. The zero-order valence-electron chi connectivity index (χ0n) is 14.8. The number of nitriles is 1. The van der Waals surface area contributed by atoms with E-state index in [1.807, 2.05) is 12.1 Å². The summed E-state index contributed by atoms with van der Waals surface area (Å²) in [5, 5.41) is 12.1. The van der Waals surface area contributed by atoms with E-state index in [-0.39, 0.29) is 12.3 Å². The average molecular weight is 375 g/mol. The molecule has 0 unspecified atom stereocenters. The first-order valence-electron chi connectivity index (χ1n) is 7.81. The molecule has 26 heavy (non-hydrogen) atoms. The van der Waals surface area contributed by atoms with Gasteiger partial charge in [-0.15, -0.1) is 0 Å². The average Bonchev–Trinajstić information content (AvgIpc) is 2.66. The topological polar surface area (TPSA) is 80.6 Å². The number of ether oxygens (including phenoxy) is 3. The lowest BCUT2D eigenvalue weighted by atomic mass is 10.1. The highest BCUT2D eigenvalue weighted by Gasteiger charge is 2.16. The first-order chi connectivity index (χ1) is 12.5. The van der Waals surface area contributed by atoms with Gasteiger partial charge in [0.05, 0.1) is 31.9 Å². The summed E-state index contributed by atoms with van der Waals surface area (Å²) in [4.78, 5) is 12.2. The summed E-state index contributed by atoms with van der Waals surface area (Å²) in [6.45, 7) is 0. The molecule has 0 aliphatic rings. The molecule has 7 heteroatoms. The Labute approximate surface area is 157 Å². The van der Waals surface area contributed by atoms with E-state index in [9.17, 15) is 4.79 Å². The maximum Gasteiger partial charge on any atom is 0.224 e. The van der Waals surface area contributed by atoms with Gasteiger partial charge in [0, 0.05) is 12.1 Å². The highest BCUT2D eigenvalue weighted by Crippen LogP contribution is 2.40. The first kappa shape index (κ1) is 19.4. The summed E-state index contributed by atoms with van der Waals surface area (Å²) in [5.74, 6) is 1.40. The van der Waals surface area contributed by atoms with Gasteiger partial charge in [-0.25, -0.2) is 0 Å². The number of hydrogen-bond acceptors (Lipinski definition) is 5. The maximum atomic E-state index is 12.2. The Morgan fingerprint density at radius 2 is 1.85 bits per heavy atom. The van der Waals surface area contributed by atoms with Crippen molar-refractivity contribution >= 4 is 23.2 Å². The lowest BCUT2D eigenvalue weighted by Crippen LogP contribution is -2.13. The first-order valence-corrected chi connectivity index (χ1v) is 8.19. The predicted octanol–water partition coefficient (Wildman–Crippen LogP) is 3.81. The predicted molar refractivity (Wildman–Crippen MR) is 99.2 cm³/mol. The van der Waals surface area contributed by atoms with Crippen LogP contribution >= 0.6 is 11.6 Å². The molecule has 1 amide bonds. The number of anilines is 1. The van der Waals surface area contributed by atoms with Crippen molar-refractivity contribution in [3.8, 4) is 23.3 Å². The number of carbonyl (C=O) groups is 1. The van der Waals surface area contributed by atoms with E-state index in [0.29, 0.717) is 39.9 Å². The third-order valence-corrected chi connectivity index (χ3v) is 4.11. The van der Waals surface area contributed by atoms with E-state index in [1.165, 1.54) is 20.3 Å². The molecule has 0 radical (unpaired) electrons. The molecule has 0 aliphatic carbocycles. The molecule has 0 aromatic heterocycles. The fourth-order valence-corrected chi connectivity index (χ4v) is 2.68. The molecule has 0 saturated heterocycles. The Morgan fingerprint density at radius 1 is 1.12 bits per heavy atom. The number of carbonyl (C=O) groups excluding carboxylic acids is 1. The largest absolute Gasteiger partial charge is 0.493 e. The van der Waals surface area contributed by atoms with E-state index in [2.05, 4.69) is 5.32 Å². The quantitative estimate of drug-likeness (QED) is 0.797.